The minimum Gasteiger partial charge on any atom is -0.457 e. The van der Waals surface area contributed by atoms with Crippen LogP contribution in [0.25, 0.3) is 0 Å². The molecule has 0 aliphatic rings. The van der Waals surface area contributed by atoms with Gasteiger partial charge in [-0.1, -0.05) is 18.2 Å². The maximum absolute atomic E-state index is 12.0. The number of H-pyrrole nitrogens is 2. The highest BCUT2D eigenvalue weighted by atomic mass is 32.1. The predicted octanol–water partition coefficient (Wildman–Crippen LogP) is 3.19. The molecule has 0 bridgehead atoms. The summed E-state index contributed by atoms with van der Waals surface area (Å²) in [5.41, 5.74) is 0.495. The molecular weight excluding hydrogens is 352 g/mol. The predicted molar refractivity (Wildman–Crippen MR) is 100.0 cm³/mol. The highest BCUT2D eigenvalue weighted by molar-refractivity contribution is 7.71. The summed E-state index contributed by atoms with van der Waals surface area (Å²) in [6, 6.07) is 16.5. The van der Waals surface area contributed by atoms with Crippen LogP contribution in [0, 0.1) is 4.77 Å². The van der Waals surface area contributed by atoms with Gasteiger partial charge in [0.2, 0.25) is 5.91 Å². The zero-order valence-corrected chi connectivity index (χ0v) is 14.5. The molecule has 2 aromatic carbocycles. The third-order valence-electron chi connectivity index (χ3n) is 3.49. The Bertz CT molecular complexity index is 997. The maximum Gasteiger partial charge on any atom is 0.273 e. The smallest absolute Gasteiger partial charge is 0.273 e. The Kier molecular flexibility index (Phi) is 5.55. The first-order chi connectivity index (χ1) is 12.6. The normalized spacial score (nSPS) is 10.3. The Hall–Kier alpha value is -3.26. The number of para-hydroxylation sites is 1. The molecule has 3 aromatic rings. The largest absolute Gasteiger partial charge is 0.457 e. The van der Waals surface area contributed by atoms with Gasteiger partial charge in [-0.3, -0.25) is 19.7 Å². The Labute approximate surface area is 154 Å². The molecule has 0 saturated heterocycles. The number of nitrogens with zero attached hydrogens (tertiary/aromatic N) is 1. The first-order valence-corrected chi connectivity index (χ1v) is 8.32. The molecule has 3 N–H and O–H groups in total. The summed E-state index contributed by atoms with van der Waals surface area (Å²) in [7, 11) is 0. The van der Waals surface area contributed by atoms with Gasteiger partial charge >= 0.3 is 0 Å². The maximum atomic E-state index is 12.0. The van der Waals surface area contributed by atoms with E-state index in [-0.39, 0.29) is 34.8 Å². The molecular formula is C18H16N4O3S. The van der Waals surface area contributed by atoms with Gasteiger partial charge in [0, 0.05) is 18.5 Å². The number of aromatic nitrogens is 3. The number of aromatic amines is 2. The Balaban J connectivity index is 1.54. The number of carbonyl (C=O) groups is 1. The number of ether oxygens (including phenoxy) is 1. The monoisotopic (exact) mass is 368 g/mol. The zero-order chi connectivity index (χ0) is 18.4. The van der Waals surface area contributed by atoms with E-state index in [1.807, 2.05) is 30.3 Å². The molecule has 0 aliphatic heterocycles. The van der Waals surface area contributed by atoms with Crippen molar-refractivity contribution in [1.29, 1.82) is 0 Å². The molecule has 8 heteroatoms. The van der Waals surface area contributed by atoms with Gasteiger partial charge in [-0.15, -0.1) is 0 Å². The van der Waals surface area contributed by atoms with Crippen molar-refractivity contribution in [2.75, 3.05) is 5.32 Å². The quantitative estimate of drug-likeness (QED) is 0.580. The molecule has 132 valence electrons. The average molecular weight is 368 g/mol. The Morgan fingerprint density at radius 2 is 1.77 bits per heavy atom. The van der Waals surface area contributed by atoms with E-state index in [1.54, 1.807) is 24.3 Å². The van der Waals surface area contributed by atoms with E-state index in [1.165, 1.54) is 0 Å². The molecule has 1 heterocycles. The lowest BCUT2D eigenvalue weighted by molar-refractivity contribution is -0.116. The number of aryl methyl sites for hydroxylation is 1. The molecule has 0 spiro atoms. The Morgan fingerprint density at radius 1 is 1.08 bits per heavy atom. The molecule has 1 amide bonds. The highest BCUT2D eigenvalue weighted by Gasteiger charge is 2.07. The lowest BCUT2D eigenvalue weighted by atomic mass is 10.2. The minimum absolute atomic E-state index is 0.128. The van der Waals surface area contributed by atoms with Crippen molar-refractivity contribution in [3.05, 3.63) is 75.4 Å². The van der Waals surface area contributed by atoms with Crippen LogP contribution in [-0.4, -0.2) is 21.1 Å². The van der Waals surface area contributed by atoms with Crippen LogP contribution in [-0.2, 0) is 11.2 Å². The molecule has 26 heavy (non-hydrogen) atoms. The van der Waals surface area contributed by atoms with Crippen molar-refractivity contribution in [1.82, 2.24) is 15.2 Å². The zero-order valence-electron chi connectivity index (χ0n) is 13.7. The van der Waals surface area contributed by atoms with Crippen molar-refractivity contribution in [2.24, 2.45) is 0 Å². The van der Waals surface area contributed by atoms with Crippen LogP contribution in [0.5, 0.6) is 11.5 Å². The fourth-order valence-electron chi connectivity index (χ4n) is 2.23. The van der Waals surface area contributed by atoms with Crippen molar-refractivity contribution >= 4 is 23.8 Å². The third-order valence-corrected chi connectivity index (χ3v) is 3.68. The van der Waals surface area contributed by atoms with Crippen LogP contribution in [0.4, 0.5) is 5.69 Å². The number of hydrogen-bond donors (Lipinski definition) is 3. The molecule has 3 rings (SSSR count). The van der Waals surface area contributed by atoms with Gasteiger partial charge in [-0.05, 0) is 48.6 Å². The number of amides is 1. The highest BCUT2D eigenvalue weighted by Crippen LogP contribution is 2.22. The van der Waals surface area contributed by atoms with Crippen molar-refractivity contribution in [2.45, 2.75) is 12.8 Å². The standard InChI is InChI=1S/C18H16N4O3S/c23-16(11-10-15-17(24)20-18(26)22-21-15)19-12-6-8-14(9-7-12)25-13-4-2-1-3-5-13/h1-9H,10-11H2,(H,19,23)(H2,20,22,24,26). The third kappa shape index (κ3) is 4.87. The number of carbonyl (C=O) groups excluding carboxylic acids is 1. The van der Waals surface area contributed by atoms with E-state index in [0.29, 0.717) is 11.4 Å². The van der Waals surface area contributed by atoms with Crippen LogP contribution >= 0.6 is 12.2 Å². The number of benzene rings is 2. The van der Waals surface area contributed by atoms with Crippen molar-refractivity contribution in [3.63, 3.8) is 0 Å². The SMILES string of the molecule is O=C(CCc1n[nH]c(=S)[nH]c1=O)Nc1ccc(Oc2ccccc2)cc1. The van der Waals surface area contributed by atoms with Crippen LogP contribution in [0.15, 0.2) is 59.4 Å². The van der Waals surface area contributed by atoms with E-state index in [0.717, 1.165) is 5.75 Å². The van der Waals surface area contributed by atoms with Crippen LogP contribution in [0.1, 0.15) is 12.1 Å². The minimum atomic E-state index is -0.385. The first-order valence-electron chi connectivity index (χ1n) is 7.91. The molecule has 0 atom stereocenters. The summed E-state index contributed by atoms with van der Waals surface area (Å²) < 4.78 is 5.85. The van der Waals surface area contributed by atoms with E-state index in [9.17, 15) is 9.59 Å². The van der Waals surface area contributed by atoms with Gasteiger partial charge in [0.25, 0.3) is 5.56 Å². The molecule has 7 nitrogen and oxygen atoms in total. The van der Waals surface area contributed by atoms with E-state index in [2.05, 4.69) is 20.5 Å². The number of rotatable bonds is 6. The van der Waals surface area contributed by atoms with Gasteiger partial charge < -0.3 is 10.1 Å². The van der Waals surface area contributed by atoms with Gasteiger partial charge in [0.05, 0.1) is 0 Å². The fourth-order valence-corrected chi connectivity index (χ4v) is 2.37. The van der Waals surface area contributed by atoms with Gasteiger partial charge in [0.15, 0.2) is 4.77 Å². The van der Waals surface area contributed by atoms with Crippen LogP contribution in [0.2, 0.25) is 0 Å². The van der Waals surface area contributed by atoms with Crippen molar-refractivity contribution < 1.29 is 9.53 Å². The molecule has 1 aromatic heterocycles. The number of anilines is 1. The number of nitrogens with one attached hydrogen (secondary N) is 3. The summed E-state index contributed by atoms with van der Waals surface area (Å²) in [6.45, 7) is 0. The van der Waals surface area contributed by atoms with Gasteiger partial charge in [-0.25, -0.2) is 0 Å². The fraction of sp³-hybridized carbons (Fsp3) is 0.111. The molecule has 0 unspecified atom stereocenters. The molecule has 0 saturated carbocycles. The summed E-state index contributed by atoms with van der Waals surface area (Å²) in [5.74, 6) is 1.19. The molecule has 0 radical (unpaired) electrons. The molecule has 0 aliphatic carbocycles. The van der Waals surface area contributed by atoms with E-state index in [4.69, 9.17) is 17.0 Å². The second kappa shape index (κ2) is 8.21. The first kappa shape index (κ1) is 17.6. The molecule has 0 fully saturated rings. The lowest BCUT2D eigenvalue weighted by Crippen LogP contribution is -2.19. The number of hydrogen-bond acceptors (Lipinski definition) is 5. The van der Waals surface area contributed by atoms with Gasteiger partial charge in [0.1, 0.15) is 17.2 Å². The average Bonchev–Trinajstić information content (AvgIpc) is 2.63. The van der Waals surface area contributed by atoms with E-state index < -0.39 is 0 Å². The van der Waals surface area contributed by atoms with E-state index >= 15 is 0 Å². The summed E-state index contributed by atoms with van der Waals surface area (Å²) in [5, 5.41) is 9.11. The summed E-state index contributed by atoms with van der Waals surface area (Å²) >= 11 is 4.77. The van der Waals surface area contributed by atoms with Gasteiger partial charge in [-0.2, -0.15) is 5.10 Å². The topological polar surface area (TPSA) is 99.9 Å². The Morgan fingerprint density at radius 3 is 2.46 bits per heavy atom. The lowest BCUT2D eigenvalue weighted by Gasteiger charge is -2.08. The summed E-state index contributed by atoms with van der Waals surface area (Å²) in [4.78, 5) is 26.1. The van der Waals surface area contributed by atoms with Crippen LogP contribution < -0.4 is 15.6 Å². The van der Waals surface area contributed by atoms with Crippen LogP contribution in [0.3, 0.4) is 0 Å². The second-order valence-electron chi connectivity index (χ2n) is 5.44. The summed E-state index contributed by atoms with van der Waals surface area (Å²) in [6.07, 6.45) is 0.339. The second-order valence-corrected chi connectivity index (χ2v) is 5.85. The van der Waals surface area contributed by atoms with Crippen molar-refractivity contribution in [3.8, 4) is 11.5 Å².